The number of aromatic nitrogens is 2. The summed E-state index contributed by atoms with van der Waals surface area (Å²) in [7, 11) is 0. The van der Waals surface area contributed by atoms with E-state index in [9.17, 15) is 4.79 Å². The quantitative estimate of drug-likeness (QED) is 0.256. The van der Waals surface area contributed by atoms with Crippen molar-refractivity contribution in [3.05, 3.63) is 101 Å². The first-order valence-corrected chi connectivity index (χ1v) is 12.0. The van der Waals surface area contributed by atoms with E-state index in [4.69, 9.17) is 21.6 Å². The molecule has 6 heteroatoms. The van der Waals surface area contributed by atoms with Crippen LogP contribution in [-0.2, 0) is 17.6 Å². The second kappa shape index (κ2) is 11.1. The van der Waals surface area contributed by atoms with Crippen molar-refractivity contribution in [2.24, 2.45) is 0 Å². The number of rotatable bonds is 9. The maximum absolute atomic E-state index is 12.4. The first-order valence-electron chi connectivity index (χ1n) is 10.6. The molecule has 0 atom stereocenters. The number of amides is 1. The number of nitrogens with zero attached hydrogens (tertiary/aromatic N) is 2. The molecule has 0 aliphatic rings. The number of para-hydroxylation sites is 2. The molecule has 1 heterocycles. The van der Waals surface area contributed by atoms with Crippen LogP contribution in [0.4, 0.5) is 0 Å². The summed E-state index contributed by atoms with van der Waals surface area (Å²) in [6.45, 7) is 0.662. The summed E-state index contributed by atoms with van der Waals surface area (Å²) in [6, 6.07) is 25.9. The Balaban J connectivity index is 1.38. The van der Waals surface area contributed by atoms with Crippen LogP contribution < -0.4 is 5.32 Å². The van der Waals surface area contributed by atoms with Gasteiger partial charge in [-0.05, 0) is 48.2 Å². The predicted molar refractivity (Wildman–Crippen MR) is 132 cm³/mol. The molecule has 0 aliphatic heterocycles. The number of benzene rings is 3. The van der Waals surface area contributed by atoms with Gasteiger partial charge >= 0.3 is 0 Å². The van der Waals surface area contributed by atoms with Gasteiger partial charge in [0.15, 0.2) is 0 Å². The normalized spacial score (nSPS) is 10.9. The summed E-state index contributed by atoms with van der Waals surface area (Å²) >= 11 is 7.45. The van der Waals surface area contributed by atoms with Crippen LogP contribution in [0.15, 0.2) is 83.9 Å². The first kappa shape index (κ1) is 22.3. The van der Waals surface area contributed by atoms with Crippen molar-refractivity contribution in [3.8, 4) is 0 Å². The van der Waals surface area contributed by atoms with Crippen molar-refractivity contribution in [2.75, 3.05) is 12.3 Å². The number of thioether (sulfide) groups is 1. The van der Waals surface area contributed by atoms with Crippen molar-refractivity contribution >= 4 is 40.3 Å². The molecule has 1 N–H and O–H groups in total. The Labute approximate surface area is 197 Å². The summed E-state index contributed by atoms with van der Waals surface area (Å²) in [5, 5.41) is 4.51. The summed E-state index contributed by atoms with van der Waals surface area (Å²) in [4.78, 5) is 22.0. The minimum Gasteiger partial charge on any atom is -0.355 e. The van der Waals surface area contributed by atoms with Crippen LogP contribution in [0.1, 0.15) is 23.2 Å². The van der Waals surface area contributed by atoms with Gasteiger partial charge in [-0.2, -0.15) is 0 Å². The summed E-state index contributed by atoms with van der Waals surface area (Å²) in [5.41, 5.74) is 4.94. The van der Waals surface area contributed by atoms with E-state index in [1.54, 1.807) is 0 Å². The number of hydrogen-bond acceptors (Lipinski definition) is 4. The standard InChI is InChI=1S/C26H24ClN3OS/c27-21-14-12-20(13-15-21)17-24-26(30-23-11-5-4-10-22(23)29-24)32-18-25(31)28-16-6-9-19-7-2-1-3-8-19/h1-5,7-8,10-15H,6,9,16-18H2,(H,28,31). The molecule has 0 saturated heterocycles. The number of aryl methyl sites for hydroxylation is 1. The molecule has 3 aromatic carbocycles. The molecular formula is C26H24ClN3OS. The van der Waals surface area contributed by atoms with E-state index in [1.165, 1.54) is 17.3 Å². The summed E-state index contributed by atoms with van der Waals surface area (Å²) in [5.74, 6) is 0.321. The van der Waals surface area contributed by atoms with Crippen LogP contribution >= 0.6 is 23.4 Å². The average molecular weight is 462 g/mol. The Morgan fingerprint density at radius 2 is 1.53 bits per heavy atom. The number of carbonyl (C=O) groups is 1. The lowest BCUT2D eigenvalue weighted by Gasteiger charge is -2.10. The topological polar surface area (TPSA) is 54.9 Å². The number of hydrogen-bond donors (Lipinski definition) is 1. The van der Waals surface area contributed by atoms with E-state index in [0.717, 1.165) is 40.2 Å². The fourth-order valence-electron chi connectivity index (χ4n) is 3.40. The zero-order valence-electron chi connectivity index (χ0n) is 17.6. The third kappa shape index (κ3) is 6.31. The zero-order chi connectivity index (χ0) is 22.2. The maximum atomic E-state index is 12.4. The Morgan fingerprint density at radius 3 is 2.28 bits per heavy atom. The molecule has 4 rings (SSSR count). The van der Waals surface area contributed by atoms with Crippen molar-refractivity contribution < 1.29 is 4.79 Å². The van der Waals surface area contributed by atoms with Gasteiger partial charge < -0.3 is 5.32 Å². The van der Waals surface area contributed by atoms with E-state index >= 15 is 0 Å². The molecule has 1 amide bonds. The van der Waals surface area contributed by atoms with E-state index in [1.807, 2.05) is 66.7 Å². The highest BCUT2D eigenvalue weighted by Gasteiger charge is 2.12. The second-order valence-corrected chi connectivity index (χ2v) is 8.90. The molecule has 162 valence electrons. The molecule has 0 spiro atoms. The van der Waals surface area contributed by atoms with E-state index in [2.05, 4.69) is 17.4 Å². The molecule has 0 bridgehead atoms. The van der Waals surface area contributed by atoms with Crippen molar-refractivity contribution in [2.45, 2.75) is 24.3 Å². The van der Waals surface area contributed by atoms with Crippen LogP contribution in [0.3, 0.4) is 0 Å². The molecule has 0 fully saturated rings. The summed E-state index contributed by atoms with van der Waals surface area (Å²) < 4.78 is 0. The average Bonchev–Trinajstić information content (AvgIpc) is 2.82. The minimum atomic E-state index is 0.00969. The van der Waals surface area contributed by atoms with E-state index in [-0.39, 0.29) is 5.91 Å². The largest absolute Gasteiger partial charge is 0.355 e. The molecular weight excluding hydrogens is 438 g/mol. The molecule has 0 unspecified atom stereocenters. The second-order valence-electron chi connectivity index (χ2n) is 7.50. The highest BCUT2D eigenvalue weighted by molar-refractivity contribution is 7.99. The SMILES string of the molecule is O=C(CSc1nc2ccccc2nc1Cc1ccc(Cl)cc1)NCCCc1ccccc1. The first-order chi connectivity index (χ1) is 15.7. The van der Waals surface area contributed by atoms with Gasteiger partial charge in [0.25, 0.3) is 0 Å². The Bertz CT molecular complexity index is 1180. The number of halogens is 1. The van der Waals surface area contributed by atoms with Crippen molar-refractivity contribution in [1.29, 1.82) is 0 Å². The summed E-state index contributed by atoms with van der Waals surface area (Å²) in [6.07, 6.45) is 2.50. The smallest absolute Gasteiger partial charge is 0.230 e. The van der Waals surface area contributed by atoms with Gasteiger partial charge in [-0.3, -0.25) is 4.79 Å². The molecule has 0 radical (unpaired) electrons. The van der Waals surface area contributed by atoms with Gasteiger partial charge in [0.1, 0.15) is 5.03 Å². The lowest BCUT2D eigenvalue weighted by atomic mass is 10.1. The van der Waals surface area contributed by atoms with Gasteiger partial charge in [0.2, 0.25) is 5.91 Å². The van der Waals surface area contributed by atoms with Crippen LogP contribution in [-0.4, -0.2) is 28.2 Å². The van der Waals surface area contributed by atoms with Crippen LogP contribution in [0.5, 0.6) is 0 Å². The zero-order valence-corrected chi connectivity index (χ0v) is 19.2. The highest BCUT2D eigenvalue weighted by Crippen LogP contribution is 2.25. The molecule has 32 heavy (non-hydrogen) atoms. The monoisotopic (exact) mass is 461 g/mol. The number of carbonyl (C=O) groups excluding carboxylic acids is 1. The Morgan fingerprint density at radius 1 is 0.844 bits per heavy atom. The Kier molecular flexibility index (Phi) is 7.75. The number of nitrogens with one attached hydrogen (secondary N) is 1. The van der Waals surface area contributed by atoms with Gasteiger partial charge in [0, 0.05) is 18.0 Å². The van der Waals surface area contributed by atoms with Crippen LogP contribution in [0, 0.1) is 0 Å². The Hall–Kier alpha value is -2.89. The van der Waals surface area contributed by atoms with Crippen molar-refractivity contribution in [3.63, 3.8) is 0 Å². The minimum absolute atomic E-state index is 0.00969. The fourth-order valence-corrected chi connectivity index (χ4v) is 4.34. The molecule has 4 aromatic rings. The predicted octanol–water partition coefficient (Wildman–Crippen LogP) is 5.72. The highest BCUT2D eigenvalue weighted by atomic mass is 35.5. The van der Waals surface area contributed by atoms with E-state index < -0.39 is 0 Å². The lowest BCUT2D eigenvalue weighted by Crippen LogP contribution is -2.26. The third-order valence-electron chi connectivity index (χ3n) is 5.04. The molecule has 4 nitrogen and oxygen atoms in total. The number of fused-ring (bicyclic) bond motifs is 1. The van der Waals surface area contributed by atoms with Gasteiger partial charge in [-0.15, -0.1) is 0 Å². The van der Waals surface area contributed by atoms with Crippen LogP contribution in [0.2, 0.25) is 5.02 Å². The lowest BCUT2D eigenvalue weighted by molar-refractivity contribution is -0.118. The maximum Gasteiger partial charge on any atom is 0.230 e. The van der Waals surface area contributed by atoms with Crippen LogP contribution in [0.25, 0.3) is 11.0 Å². The van der Waals surface area contributed by atoms with Gasteiger partial charge in [-0.25, -0.2) is 9.97 Å². The fraction of sp³-hybridized carbons (Fsp3) is 0.192. The molecule has 0 aliphatic carbocycles. The van der Waals surface area contributed by atoms with Gasteiger partial charge in [0.05, 0.1) is 22.5 Å². The van der Waals surface area contributed by atoms with Gasteiger partial charge in [-0.1, -0.05) is 78.0 Å². The van der Waals surface area contributed by atoms with E-state index in [0.29, 0.717) is 23.7 Å². The molecule has 1 aromatic heterocycles. The van der Waals surface area contributed by atoms with Crippen molar-refractivity contribution in [1.82, 2.24) is 15.3 Å². The molecule has 0 saturated carbocycles. The third-order valence-corrected chi connectivity index (χ3v) is 6.30.